The van der Waals surface area contributed by atoms with Crippen LogP contribution in [0.1, 0.15) is 13.2 Å². The molecule has 0 saturated carbocycles. The van der Waals surface area contributed by atoms with Gasteiger partial charge in [0.2, 0.25) is 0 Å². The van der Waals surface area contributed by atoms with Crippen molar-refractivity contribution in [2.75, 3.05) is 12.4 Å². The molecule has 0 aromatic carbocycles. The van der Waals surface area contributed by atoms with Crippen molar-refractivity contribution in [2.45, 2.75) is 30.6 Å². The lowest BCUT2D eigenvalue weighted by Gasteiger charge is -2.18. The molecular formula is C11H16N2O5S. The third-order valence-corrected chi connectivity index (χ3v) is 4.27. The van der Waals surface area contributed by atoms with Crippen LogP contribution in [0.25, 0.3) is 0 Å². The number of nitrogens with one attached hydrogen (secondary N) is 1. The molecule has 2 heterocycles. The van der Waals surface area contributed by atoms with Crippen molar-refractivity contribution in [3.8, 4) is 0 Å². The van der Waals surface area contributed by atoms with E-state index in [1.54, 1.807) is 0 Å². The number of thioether (sulfide) groups is 1. The van der Waals surface area contributed by atoms with Crippen LogP contribution in [0, 0.1) is 0 Å². The summed E-state index contributed by atoms with van der Waals surface area (Å²) in [7, 11) is 0. The molecule has 2 rings (SSSR count). The average Bonchev–Trinajstić information content (AvgIpc) is 2.68. The number of H-pyrrole nitrogens is 1. The number of aromatic amines is 1. The molecule has 19 heavy (non-hydrogen) atoms. The first-order chi connectivity index (χ1) is 9.08. The van der Waals surface area contributed by atoms with Gasteiger partial charge in [-0.05, 0) is 5.75 Å². The van der Waals surface area contributed by atoms with Crippen LogP contribution in [0.15, 0.2) is 21.9 Å². The second kappa shape index (κ2) is 5.91. The molecule has 0 unspecified atom stereocenters. The van der Waals surface area contributed by atoms with Crippen molar-refractivity contribution < 1.29 is 14.9 Å². The molecule has 1 aliphatic rings. The fraction of sp³-hybridized carbons (Fsp3) is 0.636. The van der Waals surface area contributed by atoms with E-state index in [9.17, 15) is 19.8 Å². The number of aromatic nitrogens is 2. The molecule has 1 saturated heterocycles. The zero-order valence-electron chi connectivity index (χ0n) is 10.4. The van der Waals surface area contributed by atoms with E-state index in [-0.39, 0.29) is 11.9 Å². The van der Waals surface area contributed by atoms with E-state index >= 15 is 0 Å². The number of aliphatic hydroxyl groups excluding tert-OH is 2. The minimum Gasteiger partial charge on any atom is -0.394 e. The predicted molar refractivity (Wildman–Crippen MR) is 70.2 cm³/mol. The molecule has 3 N–H and O–H groups in total. The molecule has 1 fully saturated rings. The molecule has 1 aromatic heterocycles. The van der Waals surface area contributed by atoms with Crippen molar-refractivity contribution in [3.05, 3.63) is 33.1 Å². The molecule has 1 aliphatic heterocycles. The Morgan fingerprint density at radius 1 is 1.53 bits per heavy atom. The lowest BCUT2D eigenvalue weighted by Crippen LogP contribution is -2.36. The first-order valence-electron chi connectivity index (χ1n) is 5.96. The van der Waals surface area contributed by atoms with Crippen LogP contribution < -0.4 is 11.2 Å². The first-order valence-corrected chi connectivity index (χ1v) is 7.00. The Morgan fingerprint density at radius 2 is 2.26 bits per heavy atom. The summed E-state index contributed by atoms with van der Waals surface area (Å²) in [5.74, 6) is 0.759. The monoisotopic (exact) mass is 288 g/mol. The van der Waals surface area contributed by atoms with Gasteiger partial charge in [-0.25, -0.2) is 4.79 Å². The summed E-state index contributed by atoms with van der Waals surface area (Å²) in [6, 6.07) is 1.19. The Morgan fingerprint density at radius 3 is 2.84 bits per heavy atom. The molecule has 8 heteroatoms. The van der Waals surface area contributed by atoms with Gasteiger partial charge in [-0.15, -0.1) is 0 Å². The highest BCUT2D eigenvalue weighted by molar-refractivity contribution is 8.00. The SMILES string of the molecule is CCS[C@H]1[C@H](O)[C@H](n2ccc(=O)[nH]c2=O)O[C@@H]1CO. The first kappa shape index (κ1) is 14.3. The maximum absolute atomic E-state index is 11.7. The predicted octanol–water partition coefficient (Wildman–Crippen LogP) is -1.09. The summed E-state index contributed by atoms with van der Waals surface area (Å²) in [6.45, 7) is 1.70. The third kappa shape index (κ3) is 2.76. The molecule has 7 nitrogen and oxygen atoms in total. The maximum Gasteiger partial charge on any atom is 0.330 e. The number of hydrogen-bond acceptors (Lipinski definition) is 6. The number of ether oxygens (including phenoxy) is 1. The van der Waals surface area contributed by atoms with Gasteiger partial charge < -0.3 is 14.9 Å². The summed E-state index contributed by atoms with van der Waals surface area (Å²) in [6.07, 6.45) is -1.08. The van der Waals surface area contributed by atoms with Crippen LogP contribution in [0.2, 0.25) is 0 Å². The Kier molecular flexibility index (Phi) is 4.46. The summed E-state index contributed by atoms with van der Waals surface area (Å²) >= 11 is 1.46. The van der Waals surface area contributed by atoms with Gasteiger partial charge >= 0.3 is 5.69 Å². The van der Waals surface area contributed by atoms with Crippen molar-refractivity contribution in [1.82, 2.24) is 9.55 Å². The molecule has 0 amide bonds. The lowest BCUT2D eigenvalue weighted by molar-refractivity contribution is -0.0530. The van der Waals surface area contributed by atoms with Gasteiger partial charge in [0.25, 0.3) is 5.56 Å². The normalized spacial score (nSPS) is 30.7. The molecule has 0 radical (unpaired) electrons. The van der Waals surface area contributed by atoms with Gasteiger partial charge in [0, 0.05) is 12.3 Å². The number of rotatable bonds is 4. The highest BCUT2D eigenvalue weighted by Crippen LogP contribution is 2.35. The van der Waals surface area contributed by atoms with Crippen LogP contribution in [0.4, 0.5) is 0 Å². The molecule has 0 aliphatic carbocycles. The lowest BCUT2D eigenvalue weighted by atomic mass is 10.2. The average molecular weight is 288 g/mol. The molecule has 1 aromatic rings. The quantitative estimate of drug-likeness (QED) is 0.650. The number of aliphatic hydroxyl groups is 2. The zero-order chi connectivity index (χ0) is 14.0. The highest BCUT2D eigenvalue weighted by atomic mass is 32.2. The van der Waals surface area contributed by atoms with Crippen LogP contribution in [-0.2, 0) is 4.74 Å². The Labute approximate surface area is 113 Å². The summed E-state index contributed by atoms with van der Waals surface area (Å²) in [4.78, 5) is 24.8. The molecule has 4 atom stereocenters. The van der Waals surface area contributed by atoms with Crippen LogP contribution >= 0.6 is 11.8 Å². The van der Waals surface area contributed by atoms with E-state index in [4.69, 9.17) is 4.74 Å². The van der Waals surface area contributed by atoms with Crippen LogP contribution in [0.3, 0.4) is 0 Å². The van der Waals surface area contributed by atoms with Crippen LogP contribution in [0.5, 0.6) is 0 Å². The van der Waals surface area contributed by atoms with Crippen molar-refractivity contribution in [2.24, 2.45) is 0 Å². The summed E-state index contributed by atoms with van der Waals surface area (Å²) in [5, 5.41) is 19.2. The minimum absolute atomic E-state index is 0.233. The number of nitrogens with zero attached hydrogens (tertiary/aromatic N) is 1. The van der Waals surface area contributed by atoms with Crippen LogP contribution in [-0.4, -0.2) is 49.6 Å². The second-order valence-electron chi connectivity index (χ2n) is 4.18. The van der Waals surface area contributed by atoms with E-state index in [1.165, 1.54) is 24.0 Å². The standard InChI is InChI=1S/C11H16N2O5S/c1-2-19-9-6(5-14)18-10(8(9)16)13-4-3-7(15)12-11(13)17/h3-4,6,8-10,14,16H,2,5H2,1H3,(H,12,15,17)/t6-,8+,9-,10-/m1/s1. The molecule has 0 spiro atoms. The largest absolute Gasteiger partial charge is 0.394 e. The summed E-state index contributed by atoms with van der Waals surface area (Å²) < 4.78 is 6.64. The van der Waals surface area contributed by atoms with E-state index in [1.807, 2.05) is 6.92 Å². The van der Waals surface area contributed by atoms with Crippen molar-refractivity contribution in [3.63, 3.8) is 0 Å². The third-order valence-electron chi connectivity index (χ3n) is 2.97. The van der Waals surface area contributed by atoms with Gasteiger partial charge in [0.1, 0.15) is 6.10 Å². The second-order valence-corrected chi connectivity index (χ2v) is 5.63. The highest BCUT2D eigenvalue weighted by Gasteiger charge is 2.44. The van der Waals surface area contributed by atoms with Gasteiger partial charge in [0.15, 0.2) is 6.23 Å². The van der Waals surface area contributed by atoms with Crippen molar-refractivity contribution >= 4 is 11.8 Å². The van der Waals surface area contributed by atoms with E-state index < -0.39 is 29.7 Å². The Hall–Kier alpha value is -1.09. The Balaban J connectivity index is 2.30. The Bertz CT molecular complexity index is 542. The topological polar surface area (TPSA) is 105 Å². The number of hydrogen-bond donors (Lipinski definition) is 3. The zero-order valence-corrected chi connectivity index (χ0v) is 11.2. The smallest absolute Gasteiger partial charge is 0.330 e. The van der Waals surface area contributed by atoms with Gasteiger partial charge in [-0.1, -0.05) is 6.92 Å². The molecule has 106 valence electrons. The van der Waals surface area contributed by atoms with E-state index in [2.05, 4.69) is 4.98 Å². The van der Waals surface area contributed by atoms with Gasteiger partial charge in [-0.2, -0.15) is 11.8 Å². The van der Waals surface area contributed by atoms with E-state index in [0.717, 1.165) is 10.3 Å². The minimum atomic E-state index is -0.925. The van der Waals surface area contributed by atoms with Gasteiger partial charge in [-0.3, -0.25) is 14.3 Å². The van der Waals surface area contributed by atoms with E-state index in [0.29, 0.717) is 0 Å². The van der Waals surface area contributed by atoms with Crippen molar-refractivity contribution in [1.29, 1.82) is 0 Å². The maximum atomic E-state index is 11.7. The summed E-state index contributed by atoms with van der Waals surface area (Å²) in [5.41, 5.74) is -1.15. The fourth-order valence-corrected chi connectivity index (χ4v) is 3.20. The molecule has 0 bridgehead atoms. The molecular weight excluding hydrogens is 272 g/mol. The van der Waals surface area contributed by atoms with Gasteiger partial charge in [0.05, 0.1) is 18.0 Å². The fourth-order valence-electron chi connectivity index (χ4n) is 2.12.